The first kappa shape index (κ1) is 26.6. The van der Waals surface area contributed by atoms with Crippen molar-refractivity contribution in [3.05, 3.63) is 42.0 Å². The normalized spacial score (nSPS) is 20.5. The lowest BCUT2D eigenvalue weighted by molar-refractivity contribution is -0.140. The predicted molar refractivity (Wildman–Crippen MR) is 141 cm³/mol. The molecule has 9 heteroatoms. The zero-order valence-electron chi connectivity index (χ0n) is 22.4. The molecule has 37 heavy (non-hydrogen) atoms. The van der Waals surface area contributed by atoms with Crippen LogP contribution in [0.4, 0.5) is 5.69 Å². The third-order valence-corrected chi connectivity index (χ3v) is 7.43. The maximum Gasteiger partial charge on any atom is 0.228 e. The van der Waals surface area contributed by atoms with Gasteiger partial charge in [-0.15, -0.1) is 0 Å². The van der Waals surface area contributed by atoms with Crippen molar-refractivity contribution in [2.75, 3.05) is 66.1 Å². The number of anilines is 1. The number of carbonyl (C=O) groups excluding carboxylic acids is 2. The van der Waals surface area contributed by atoms with Crippen LogP contribution >= 0.6 is 0 Å². The molecule has 0 bridgehead atoms. The number of amides is 2. The van der Waals surface area contributed by atoms with Crippen molar-refractivity contribution in [1.29, 1.82) is 0 Å². The Hall–Kier alpha value is -3.46. The van der Waals surface area contributed by atoms with Gasteiger partial charge in [-0.05, 0) is 30.7 Å². The molecule has 2 amide bonds. The van der Waals surface area contributed by atoms with Crippen LogP contribution in [0.2, 0.25) is 0 Å². The fourth-order valence-electron chi connectivity index (χ4n) is 5.36. The van der Waals surface area contributed by atoms with Gasteiger partial charge in [0.2, 0.25) is 17.6 Å². The smallest absolute Gasteiger partial charge is 0.228 e. The lowest BCUT2D eigenvalue weighted by Gasteiger charge is -2.44. The highest BCUT2D eigenvalue weighted by atomic mass is 16.5. The summed E-state index contributed by atoms with van der Waals surface area (Å²) in [6, 6.07) is 10.6. The second kappa shape index (κ2) is 11.7. The number of methoxy groups -OCH3 is 4. The predicted octanol–water partition coefficient (Wildman–Crippen LogP) is 3.37. The molecule has 2 fully saturated rings. The number of carbonyl (C=O) groups is 2. The van der Waals surface area contributed by atoms with Crippen LogP contribution in [0.3, 0.4) is 0 Å². The van der Waals surface area contributed by atoms with E-state index >= 15 is 0 Å². The minimum Gasteiger partial charge on any atom is -0.497 e. The van der Waals surface area contributed by atoms with E-state index in [0.29, 0.717) is 48.2 Å². The van der Waals surface area contributed by atoms with Crippen LogP contribution in [0, 0.1) is 5.92 Å². The van der Waals surface area contributed by atoms with Crippen LogP contribution in [0.15, 0.2) is 36.4 Å². The Labute approximate surface area is 218 Å². The summed E-state index contributed by atoms with van der Waals surface area (Å²) in [6.07, 6.45) is 0.762. The number of hydrogen-bond acceptors (Lipinski definition) is 7. The van der Waals surface area contributed by atoms with Gasteiger partial charge in [-0.1, -0.05) is 19.1 Å². The molecule has 9 nitrogen and oxygen atoms in total. The number of likely N-dealkylation sites (N-methyl/N-ethyl adjacent to an activating group) is 1. The number of piperidine rings is 1. The molecular weight excluding hydrogens is 474 g/mol. The summed E-state index contributed by atoms with van der Waals surface area (Å²) in [5, 5.41) is 0. The Morgan fingerprint density at radius 2 is 1.51 bits per heavy atom. The van der Waals surface area contributed by atoms with Gasteiger partial charge in [0.05, 0.1) is 46.1 Å². The second-order valence-electron chi connectivity index (χ2n) is 9.27. The number of hydrogen-bond donors (Lipinski definition) is 0. The van der Waals surface area contributed by atoms with Crippen LogP contribution in [-0.2, 0) is 9.59 Å². The zero-order valence-corrected chi connectivity index (χ0v) is 22.4. The Balaban J connectivity index is 1.78. The summed E-state index contributed by atoms with van der Waals surface area (Å²) in [5.74, 6) is 1.68. The first-order chi connectivity index (χ1) is 17.9. The summed E-state index contributed by atoms with van der Waals surface area (Å²) in [5.41, 5.74) is 1.46. The van der Waals surface area contributed by atoms with Crippen molar-refractivity contribution in [3.8, 4) is 23.0 Å². The molecule has 2 aliphatic heterocycles. The Morgan fingerprint density at radius 1 is 0.892 bits per heavy atom. The molecule has 200 valence electrons. The highest BCUT2D eigenvalue weighted by molar-refractivity contribution is 5.98. The lowest BCUT2D eigenvalue weighted by Crippen LogP contribution is -2.54. The molecule has 0 spiro atoms. The maximum atomic E-state index is 14.0. The molecule has 2 aromatic rings. The minimum absolute atomic E-state index is 0.0602. The summed E-state index contributed by atoms with van der Waals surface area (Å²) >= 11 is 0. The number of piperazine rings is 1. The van der Waals surface area contributed by atoms with Crippen molar-refractivity contribution in [2.45, 2.75) is 25.8 Å². The molecule has 4 rings (SSSR count). The van der Waals surface area contributed by atoms with Gasteiger partial charge < -0.3 is 33.6 Å². The van der Waals surface area contributed by atoms with Crippen LogP contribution < -0.4 is 23.8 Å². The zero-order chi connectivity index (χ0) is 26.5. The van der Waals surface area contributed by atoms with E-state index in [9.17, 15) is 9.59 Å². The molecule has 0 aliphatic carbocycles. The van der Waals surface area contributed by atoms with E-state index in [1.807, 2.05) is 29.2 Å². The minimum atomic E-state index is -0.494. The average molecular weight is 512 g/mol. The van der Waals surface area contributed by atoms with Gasteiger partial charge in [0, 0.05) is 44.7 Å². The summed E-state index contributed by atoms with van der Waals surface area (Å²) in [6.45, 7) is 6.21. The third kappa shape index (κ3) is 5.32. The van der Waals surface area contributed by atoms with Gasteiger partial charge >= 0.3 is 0 Å². The molecule has 2 aliphatic rings. The summed E-state index contributed by atoms with van der Waals surface area (Å²) in [7, 11) is 6.24. The first-order valence-electron chi connectivity index (χ1n) is 12.7. The van der Waals surface area contributed by atoms with Crippen LogP contribution in [0.25, 0.3) is 0 Å². The molecule has 2 heterocycles. The van der Waals surface area contributed by atoms with Crippen molar-refractivity contribution in [1.82, 2.24) is 9.80 Å². The van der Waals surface area contributed by atoms with E-state index < -0.39 is 12.0 Å². The molecular formula is C28H37N3O6. The van der Waals surface area contributed by atoms with Crippen molar-refractivity contribution >= 4 is 17.5 Å². The van der Waals surface area contributed by atoms with Crippen molar-refractivity contribution in [3.63, 3.8) is 0 Å². The van der Waals surface area contributed by atoms with Gasteiger partial charge in [-0.2, -0.15) is 0 Å². The first-order valence-corrected chi connectivity index (χ1v) is 12.7. The summed E-state index contributed by atoms with van der Waals surface area (Å²) in [4.78, 5) is 33.5. The van der Waals surface area contributed by atoms with Crippen LogP contribution in [-0.4, -0.2) is 82.8 Å². The number of nitrogens with zero attached hydrogens (tertiary/aromatic N) is 3. The van der Waals surface area contributed by atoms with Gasteiger partial charge in [0.25, 0.3) is 0 Å². The fraction of sp³-hybridized carbons (Fsp3) is 0.500. The van der Waals surface area contributed by atoms with Gasteiger partial charge in [-0.25, -0.2) is 0 Å². The number of benzene rings is 2. The highest BCUT2D eigenvalue weighted by Crippen LogP contribution is 2.46. The second-order valence-corrected chi connectivity index (χ2v) is 9.27. The van der Waals surface area contributed by atoms with E-state index in [0.717, 1.165) is 25.2 Å². The lowest BCUT2D eigenvalue weighted by atomic mass is 9.82. The average Bonchev–Trinajstić information content (AvgIpc) is 2.95. The molecule has 0 N–H and O–H groups in total. The van der Waals surface area contributed by atoms with Crippen molar-refractivity contribution < 1.29 is 28.5 Å². The largest absolute Gasteiger partial charge is 0.497 e. The number of ether oxygens (including phenoxy) is 4. The molecule has 2 unspecified atom stereocenters. The molecule has 0 saturated carbocycles. The quantitative estimate of drug-likeness (QED) is 0.538. The standard InChI is InChI=1S/C28H37N3O6/c1-6-29-13-15-30(16-14-29)28(33)22-11-12-25(32)31(26(22)19-7-9-21(34-2)10-8-19)20-17-23(35-3)27(37-5)24(18-20)36-4/h7-10,17-18,22,26H,6,11-16H2,1-5H3. The van der Waals surface area contributed by atoms with Crippen molar-refractivity contribution in [2.24, 2.45) is 5.92 Å². The number of rotatable bonds is 8. The third-order valence-electron chi connectivity index (χ3n) is 7.43. The maximum absolute atomic E-state index is 14.0. The Morgan fingerprint density at radius 3 is 2.03 bits per heavy atom. The van der Waals surface area contributed by atoms with E-state index in [1.54, 1.807) is 45.5 Å². The van der Waals surface area contributed by atoms with E-state index in [4.69, 9.17) is 18.9 Å². The molecule has 0 radical (unpaired) electrons. The molecule has 0 aromatic heterocycles. The molecule has 2 aromatic carbocycles. The van der Waals surface area contributed by atoms with Gasteiger partial charge in [0.15, 0.2) is 11.5 Å². The topological polar surface area (TPSA) is 80.8 Å². The van der Waals surface area contributed by atoms with E-state index in [2.05, 4.69) is 11.8 Å². The fourth-order valence-corrected chi connectivity index (χ4v) is 5.36. The molecule has 2 saturated heterocycles. The van der Waals surface area contributed by atoms with E-state index in [-0.39, 0.29) is 18.2 Å². The Kier molecular flexibility index (Phi) is 8.43. The summed E-state index contributed by atoms with van der Waals surface area (Å²) < 4.78 is 22.0. The van der Waals surface area contributed by atoms with Crippen LogP contribution in [0.1, 0.15) is 31.4 Å². The Bertz CT molecular complexity index is 1070. The van der Waals surface area contributed by atoms with E-state index in [1.165, 1.54) is 0 Å². The monoisotopic (exact) mass is 511 g/mol. The highest BCUT2D eigenvalue weighted by Gasteiger charge is 2.43. The molecule has 2 atom stereocenters. The van der Waals surface area contributed by atoms with Crippen LogP contribution in [0.5, 0.6) is 23.0 Å². The van der Waals surface area contributed by atoms with Gasteiger partial charge in [0.1, 0.15) is 5.75 Å². The SMILES string of the molecule is CCN1CCN(C(=O)C2CCC(=O)N(c3cc(OC)c(OC)c(OC)c3)C2c2ccc(OC)cc2)CC1. The van der Waals surface area contributed by atoms with Gasteiger partial charge in [-0.3, -0.25) is 9.59 Å².